The van der Waals surface area contributed by atoms with Crippen molar-refractivity contribution in [2.75, 3.05) is 20.8 Å². The van der Waals surface area contributed by atoms with Crippen LogP contribution in [0.1, 0.15) is 25.5 Å². The number of sulfonamides is 1. The second-order valence-electron chi connectivity index (χ2n) is 5.36. The monoisotopic (exact) mass is 365 g/mol. The molecule has 7 heteroatoms. The summed E-state index contributed by atoms with van der Waals surface area (Å²) >= 11 is 0. The first-order valence-electron chi connectivity index (χ1n) is 7.88. The SMILES string of the molecule is CCOc1ccc(S(=O)(=O)N[C@@H](C)c2cc(OC)ccc2OC)cc1. The zero-order valence-electron chi connectivity index (χ0n) is 14.8. The largest absolute Gasteiger partial charge is 0.497 e. The van der Waals surface area contributed by atoms with Gasteiger partial charge in [-0.1, -0.05) is 0 Å². The Balaban J connectivity index is 2.25. The van der Waals surface area contributed by atoms with Gasteiger partial charge in [-0.25, -0.2) is 13.1 Å². The van der Waals surface area contributed by atoms with Gasteiger partial charge in [0.25, 0.3) is 0 Å². The lowest BCUT2D eigenvalue weighted by Gasteiger charge is -2.18. The number of rotatable bonds is 8. The lowest BCUT2D eigenvalue weighted by Crippen LogP contribution is -2.27. The van der Waals surface area contributed by atoms with E-state index in [0.29, 0.717) is 29.4 Å². The Hall–Kier alpha value is -2.25. The molecule has 6 nitrogen and oxygen atoms in total. The number of benzene rings is 2. The van der Waals surface area contributed by atoms with Crippen LogP contribution in [0.4, 0.5) is 0 Å². The van der Waals surface area contributed by atoms with E-state index in [1.165, 1.54) is 12.1 Å². The van der Waals surface area contributed by atoms with Crippen LogP contribution in [0.15, 0.2) is 47.4 Å². The molecule has 0 bridgehead atoms. The fourth-order valence-corrected chi connectivity index (χ4v) is 3.65. The molecule has 0 aromatic heterocycles. The lowest BCUT2D eigenvalue weighted by atomic mass is 10.1. The first kappa shape index (κ1) is 19.1. The zero-order valence-corrected chi connectivity index (χ0v) is 15.6. The van der Waals surface area contributed by atoms with Crippen LogP contribution >= 0.6 is 0 Å². The van der Waals surface area contributed by atoms with E-state index in [0.717, 1.165) is 0 Å². The molecule has 0 aliphatic carbocycles. The van der Waals surface area contributed by atoms with E-state index in [4.69, 9.17) is 14.2 Å². The molecule has 1 atom stereocenters. The molecule has 0 aliphatic rings. The summed E-state index contributed by atoms with van der Waals surface area (Å²) in [6.07, 6.45) is 0. The minimum atomic E-state index is -3.69. The molecule has 2 rings (SSSR count). The maximum atomic E-state index is 12.6. The third kappa shape index (κ3) is 4.64. The number of nitrogens with one attached hydrogen (secondary N) is 1. The Labute approximate surface area is 148 Å². The normalized spacial score (nSPS) is 12.5. The molecule has 0 spiro atoms. The van der Waals surface area contributed by atoms with Gasteiger partial charge in [0.05, 0.1) is 25.7 Å². The van der Waals surface area contributed by atoms with Crippen LogP contribution in [0.2, 0.25) is 0 Å². The Kier molecular flexibility index (Phi) is 6.27. The summed E-state index contributed by atoms with van der Waals surface area (Å²) in [6, 6.07) is 11.1. The predicted molar refractivity (Wildman–Crippen MR) is 95.9 cm³/mol. The van der Waals surface area contributed by atoms with Crippen molar-refractivity contribution in [1.82, 2.24) is 4.72 Å². The van der Waals surface area contributed by atoms with E-state index >= 15 is 0 Å². The lowest BCUT2D eigenvalue weighted by molar-refractivity contribution is 0.340. The van der Waals surface area contributed by atoms with E-state index < -0.39 is 16.1 Å². The molecule has 0 radical (unpaired) electrons. The predicted octanol–water partition coefficient (Wildman–Crippen LogP) is 3.14. The molecule has 2 aromatic carbocycles. The van der Waals surface area contributed by atoms with E-state index in [1.54, 1.807) is 51.5 Å². The van der Waals surface area contributed by atoms with Gasteiger partial charge in [-0.3, -0.25) is 0 Å². The summed E-state index contributed by atoms with van der Waals surface area (Å²) in [5, 5.41) is 0. The highest BCUT2D eigenvalue weighted by Crippen LogP contribution is 2.30. The van der Waals surface area contributed by atoms with Crippen molar-refractivity contribution in [2.45, 2.75) is 24.8 Å². The molecule has 0 amide bonds. The van der Waals surface area contributed by atoms with Crippen molar-refractivity contribution in [3.05, 3.63) is 48.0 Å². The summed E-state index contributed by atoms with van der Waals surface area (Å²) in [7, 11) is -0.589. The van der Waals surface area contributed by atoms with Crippen molar-refractivity contribution < 1.29 is 22.6 Å². The number of hydrogen-bond donors (Lipinski definition) is 1. The molecular formula is C18H23NO5S. The minimum absolute atomic E-state index is 0.171. The van der Waals surface area contributed by atoms with Crippen LogP contribution in [0.25, 0.3) is 0 Å². The van der Waals surface area contributed by atoms with Crippen molar-refractivity contribution in [2.24, 2.45) is 0 Å². The van der Waals surface area contributed by atoms with Crippen LogP contribution in [-0.4, -0.2) is 29.2 Å². The van der Waals surface area contributed by atoms with Gasteiger partial charge >= 0.3 is 0 Å². The third-order valence-corrected chi connectivity index (χ3v) is 5.24. The molecule has 0 saturated heterocycles. The third-order valence-electron chi connectivity index (χ3n) is 3.68. The first-order valence-corrected chi connectivity index (χ1v) is 9.36. The second-order valence-corrected chi connectivity index (χ2v) is 7.07. The van der Waals surface area contributed by atoms with Gasteiger partial charge in [-0.15, -0.1) is 0 Å². The molecule has 0 unspecified atom stereocenters. The number of hydrogen-bond acceptors (Lipinski definition) is 5. The van der Waals surface area contributed by atoms with Gasteiger partial charge in [0.15, 0.2) is 0 Å². The van der Waals surface area contributed by atoms with Crippen molar-refractivity contribution >= 4 is 10.0 Å². The molecule has 1 N–H and O–H groups in total. The number of methoxy groups -OCH3 is 2. The van der Waals surface area contributed by atoms with Crippen LogP contribution in [0.3, 0.4) is 0 Å². The Morgan fingerprint density at radius 1 is 1.00 bits per heavy atom. The molecule has 25 heavy (non-hydrogen) atoms. The second kappa shape index (κ2) is 8.22. The van der Waals surface area contributed by atoms with Crippen molar-refractivity contribution in [1.29, 1.82) is 0 Å². The molecule has 2 aromatic rings. The summed E-state index contributed by atoms with van der Waals surface area (Å²) in [4.78, 5) is 0.171. The van der Waals surface area contributed by atoms with Gasteiger partial charge in [-0.2, -0.15) is 0 Å². The smallest absolute Gasteiger partial charge is 0.241 e. The zero-order chi connectivity index (χ0) is 18.4. The van der Waals surface area contributed by atoms with E-state index in [9.17, 15) is 8.42 Å². The van der Waals surface area contributed by atoms with E-state index in [2.05, 4.69) is 4.72 Å². The molecular weight excluding hydrogens is 342 g/mol. The Bertz CT molecular complexity index is 803. The van der Waals surface area contributed by atoms with E-state index in [-0.39, 0.29) is 4.90 Å². The molecule has 136 valence electrons. The van der Waals surface area contributed by atoms with Crippen LogP contribution in [-0.2, 0) is 10.0 Å². The van der Waals surface area contributed by atoms with Crippen LogP contribution < -0.4 is 18.9 Å². The molecule has 0 heterocycles. The van der Waals surface area contributed by atoms with E-state index in [1.807, 2.05) is 6.92 Å². The van der Waals surface area contributed by atoms with Gasteiger partial charge in [0.1, 0.15) is 17.2 Å². The average molecular weight is 365 g/mol. The quantitative estimate of drug-likeness (QED) is 0.778. The van der Waals surface area contributed by atoms with Gasteiger partial charge in [-0.05, 0) is 56.3 Å². The molecule has 0 aliphatic heterocycles. The molecule has 0 saturated carbocycles. The van der Waals surface area contributed by atoms with Crippen LogP contribution in [0, 0.1) is 0 Å². The summed E-state index contributed by atoms with van der Waals surface area (Å²) < 4.78 is 43.8. The summed E-state index contributed by atoms with van der Waals surface area (Å²) in [5.41, 5.74) is 0.691. The maximum Gasteiger partial charge on any atom is 0.241 e. The fourth-order valence-electron chi connectivity index (χ4n) is 2.42. The van der Waals surface area contributed by atoms with Crippen molar-refractivity contribution in [3.8, 4) is 17.2 Å². The van der Waals surface area contributed by atoms with Crippen molar-refractivity contribution in [3.63, 3.8) is 0 Å². The maximum absolute atomic E-state index is 12.6. The van der Waals surface area contributed by atoms with Gasteiger partial charge < -0.3 is 14.2 Å². The number of ether oxygens (including phenoxy) is 3. The average Bonchev–Trinajstić information content (AvgIpc) is 2.61. The topological polar surface area (TPSA) is 73.9 Å². The van der Waals surface area contributed by atoms with Gasteiger partial charge in [0.2, 0.25) is 10.0 Å². The Morgan fingerprint density at radius 3 is 2.20 bits per heavy atom. The highest BCUT2D eigenvalue weighted by molar-refractivity contribution is 7.89. The highest BCUT2D eigenvalue weighted by Gasteiger charge is 2.21. The van der Waals surface area contributed by atoms with Crippen LogP contribution in [0.5, 0.6) is 17.2 Å². The first-order chi connectivity index (χ1) is 11.9. The summed E-state index contributed by atoms with van der Waals surface area (Å²) in [5.74, 6) is 1.84. The Morgan fingerprint density at radius 2 is 1.64 bits per heavy atom. The standard InChI is InChI=1S/C18H23NO5S/c1-5-24-14-6-9-16(10-7-14)25(20,21)19-13(2)17-12-15(22-3)8-11-18(17)23-4/h6-13,19H,5H2,1-4H3/t13-/m0/s1. The highest BCUT2D eigenvalue weighted by atomic mass is 32.2. The fraction of sp³-hybridized carbons (Fsp3) is 0.333. The summed E-state index contributed by atoms with van der Waals surface area (Å²) in [6.45, 7) is 4.15. The molecule has 0 fully saturated rings. The van der Waals surface area contributed by atoms with Gasteiger partial charge in [0, 0.05) is 11.6 Å². The minimum Gasteiger partial charge on any atom is -0.497 e.